The Kier molecular flexibility index (Phi) is 3.26. The summed E-state index contributed by atoms with van der Waals surface area (Å²) >= 11 is 1.73. The third kappa shape index (κ3) is 2.37. The first-order valence-corrected chi connectivity index (χ1v) is 6.43. The second-order valence-electron chi connectivity index (χ2n) is 4.55. The van der Waals surface area contributed by atoms with Gasteiger partial charge in [0.1, 0.15) is 5.01 Å². The van der Waals surface area contributed by atoms with Gasteiger partial charge >= 0.3 is 0 Å². The molecule has 0 fully saturated rings. The highest BCUT2D eigenvalue weighted by atomic mass is 32.1. The normalized spacial score (nSPS) is 11.8. The van der Waals surface area contributed by atoms with E-state index in [1.165, 1.54) is 4.88 Å². The molecule has 0 unspecified atom stereocenters. The Morgan fingerprint density at radius 2 is 2.12 bits per heavy atom. The first-order valence-electron chi connectivity index (χ1n) is 5.62. The Morgan fingerprint density at radius 1 is 1.35 bits per heavy atom. The average molecular weight is 247 g/mol. The van der Waals surface area contributed by atoms with E-state index in [0.717, 1.165) is 16.3 Å². The monoisotopic (exact) mass is 247 g/mol. The average Bonchev–Trinajstić information content (AvgIpc) is 2.73. The molecule has 0 spiro atoms. The highest BCUT2D eigenvalue weighted by Crippen LogP contribution is 2.33. The molecule has 0 saturated heterocycles. The molecule has 0 aliphatic heterocycles. The molecule has 0 aromatic carbocycles. The van der Waals surface area contributed by atoms with Crippen LogP contribution < -0.4 is 5.32 Å². The number of aryl methyl sites for hydroxylation is 1. The number of hydrogen-bond acceptors (Lipinski definition) is 4. The summed E-state index contributed by atoms with van der Waals surface area (Å²) in [6.07, 6.45) is 3.64. The summed E-state index contributed by atoms with van der Waals surface area (Å²) in [7, 11) is 1.98. The lowest BCUT2D eigenvalue weighted by Gasteiger charge is -2.22. The summed E-state index contributed by atoms with van der Waals surface area (Å²) in [5.41, 5.74) is 2.13. The van der Waals surface area contributed by atoms with Crippen LogP contribution in [0.4, 0.5) is 0 Å². The van der Waals surface area contributed by atoms with Gasteiger partial charge in [-0.3, -0.25) is 4.98 Å². The molecule has 0 amide bonds. The predicted molar refractivity (Wildman–Crippen MR) is 72.2 cm³/mol. The first-order chi connectivity index (χ1) is 8.04. The minimum atomic E-state index is -0.0395. The Morgan fingerprint density at radius 3 is 2.71 bits per heavy atom. The van der Waals surface area contributed by atoms with Crippen molar-refractivity contribution in [2.24, 2.45) is 0 Å². The van der Waals surface area contributed by atoms with Crippen LogP contribution in [0.5, 0.6) is 0 Å². The minimum absolute atomic E-state index is 0.0395. The maximum atomic E-state index is 4.63. The molecule has 4 heteroatoms. The maximum absolute atomic E-state index is 4.63. The SMILES string of the molecule is CNC(C)(C)c1sc(-c2cccnc2)nc1C. The molecular formula is C13H17N3S. The summed E-state index contributed by atoms with van der Waals surface area (Å²) < 4.78 is 0. The molecule has 0 saturated carbocycles. The standard InChI is InChI=1S/C13H17N3S/c1-9-11(13(2,3)14-4)17-12(16-9)10-6-5-7-15-8-10/h5-8,14H,1-4H3. The van der Waals surface area contributed by atoms with Gasteiger partial charge in [0.05, 0.1) is 5.69 Å². The first kappa shape index (κ1) is 12.2. The van der Waals surface area contributed by atoms with Crippen LogP contribution in [-0.2, 0) is 5.54 Å². The van der Waals surface area contributed by atoms with Crippen molar-refractivity contribution in [1.29, 1.82) is 0 Å². The Balaban J connectivity index is 2.45. The van der Waals surface area contributed by atoms with Crippen molar-refractivity contribution in [2.45, 2.75) is 26.3 Å². The topological polar surface area (TPSA) is 37.8 Å². The summed E-state index contributed by atoms with van der Waals surface area (Å²) in [6, 6.07) is 3.98. The number of nitrogens with one attached hydrogen (secondary N) is 1. The molecule has 90 valence electrons. The van der Waals surface area contributed by atoms with Gasteiger partial charge in [-0.15, -0.1) is 11.3 Å². The van der Waals surface area contributed by atoms with Gasteiger partial charge in [0, 0.05) is 28.4 Å². The van der Waals surface area contributed by atoms with Crippen molar-refractivity contribution in [3.63, 3.8) is 0 Å². The Labute approximate surface area is 106 Å². The smallest absolute Gasteiger partial charge is 0.125 e. The van der Waals surface area contributed by atoms with Crippen molar-refractivity contribution in [3.8, 4) is 10.6 Å². The van der Waals surface area contributed by atoms with Crippen LogP contribution in [0.15, 0.2) is 24.5 Å². The number of aromatic nitrogens is 2. The second kappa shape index (κ2) is 4.55. The fourth-order valence-corrected chi connectivity index (χ4v) is 2.87. The molecule has 0 bridgehead atoms. The van der Waals surface area contributed by atoms with Gasteiger partial charge in [-0.2, -0.15) is 0 Å². The number of pyridine rings is 1. The lowest BCUT2D eigenvalue weighted by molar-refractivity contribution is 0.450. The fraction of sp³-hybridized carbons (Fsp3) is 0.385. The molecule has 2 aromatic rings. The van der Waals surface area contributed by atoms with Gasteiger partial charge < -0.3 is 5.32 Å². The molecule has 0 radical (unpaired) electrons. The van der Waals surface area contributed by atoms with Crippen LogP contribution in [0, 0.1) is 6.92 Å². The van der Waals surface area contributed by atoms with Crippen LogP contribution in [0.1, 0.15) is 24.4 Å². The van der Waals surface area contributed by atoms with Crippen LogP contribution in [0.3, 0.4) is 0 Å². The number of nitrogens with zero attached hydrogens (tertiary/aromatic N) is 2. The molecule has 0 aliphatic rings. The van der Waals surface area contributed by atoms with Gasteiger partial charge in [0.2, 0.25) is 0 Å². The van der Waals surface area contributed by atoms with Crippen molar-refractivity contribution >= 4 is 11.3 Å². The minimum Gasteiger partial charge on any atom is -0.310 e. The maximum Gasteiger partial charge on any atom is 0.125 e. The van der Waals surface area contributed by atoms with E-state index in [1.807, 2.05) is 25.4 Å². The summed E-state index contributed by atoms with van der Waals surface area (Å²) in [4.78, 5) is 10.0. The van der Waals surface area contributed by atoms with E-state index in [-0.39, 0.29) is 5.54 Å². The zero-order valence-corrected chi connectivity index (χ0v) is 11.4. The molecular weight excluding hydrogens is 230 g/mol. The molecule has 2 heterocycles. The van der Waals surface area contributed by atoms with Crippen molar-refractivity contribution < 1.29 is 0 Å². The third-order valence-corrected chi connectivity index (χ3v) is 4.43. The molecule has 1 N–H and O–H groups in total. The summed E-state index contributed by atoms with van der Waals surface area (Å²) in [5.74, 6) is 0. The van der Waals surface area contributed by atoms with Gasteiger partial charge in [0.25, 0.3) is 0 Å². The largest absolute Gasteiger partial charge is 0.310 e. The molecule has 0 aliphatic carbocycles. The highest BCUT2D eigenvalue weighted by Gasteiger charge is 2.24. The van der Waals surface area contributed by atoms with Gasteiger partial charge in [-0.25, -0.2) is 4.98 Å². The quantitative estimate of drug-likeness (QED) is 0.906. The van der Waals surface area contributed by atoms with Crippen LogP contribution in [0.25, 0.3) is 10.6 Å². The molecule has 17 heavy (non-hydrogen) atoms. The number of hydrogen-bond donors (Lipinski definition) is 1. The van der Waals surface area contributed by atoms with Crippen molar-refractivity contribution in [3.05, 3.63) is 35.1 Å². The van der Waals surface area contributed by atoms with Crippen LogP contribution in [-0.4, -0.2) is 17.0 Å². The van der Waals surface area contributed by atoms with E-state index in [0.29, 0.717) is 0 Å². The summed E-state index contributed by atoms with van der Waals surface area (Å²) in [5, 5.41) is 4.35. The van der Waals surface area contributed by atoms with E-state index in [1.54, 1.807) is 17.5 Å². The number of rotatable bonds is 3. The van der Waals surface area contributed by atoms with Crippen LogP contribution in [0.2, 0.25) is 0 Å². The lowest BCUT2D eigenvalue weighted by Crippen LogP contribution is -2.32. The van der Waals surface area contributed by atoms with E-state index in [2.05, 4.69) is 36.1 Å². The molecule has 3 nitrogen and oxygen atoms in total. The molecule has 0 atom stereocenters. The second-order valence-corrected chi connectivity index (χ2v) is 5.55. The fourth-order valence-electron chi connectivity index (χ4n) is 1.70. The molecule has 2 rings (SSSR count). The van der Waals surface area contributed by atoms with E-state index >= 15 is 0 Å². The Hall–Kier alpha value is -1.26. The van der Waals surface area contributed by atoms with Crippen molar-refractivity contribution in [2.75, 3.05) is 7.05 Å². The van der Waals surface area contributed by atoms with E-state index in [4.69, 9.17) is 0 Å². The van der Waals surface area contributed by atoms with Gasteiger partial charge in [-0.05, 0) is 40.0 Å². The van der Waals surface area contributed by atoms with Gasteiger partial charge in [-0.1, -0.05) is 0 Å². The van der Waals surface area contributed by atoms with Crippen LogP contribution >= 0.6 is 11.3 Å². The lowest BCUT2D eigenvalue weighted by atomic mass is 10.0. The molecule has 2 aromatic heterocycles. The summed E-state index contributed by atoms with van der Waals surface area (Å²) in [6.45, 7) is 6.39. The van der Waals surface area contributed by atoms with Gasteiger partial charge in [0.15, 0.2) is 0 Å². The predicted octanol–water partition coefficient (Wildman–Crippen LogP) is 2.97. The van der Waals surface area contributed by atoms with E-state index in [9.17, 15) is 0 Å². The zero-order valence-electron chi connectivity index (χ0n) is 10.6. The zero-order chi connectivity index (χ0) is 12.5. The van der Waals surface area contributed by atoms with E-state index < -0.39 is 0 Å². The van der Waals surface area contributed by atoms with Crippen molar-refractivity contribution in [1.82, 2.24) is 15.3 Å². The highest BCUT2D eigenvalue weighted by molar-refractivity contribution is 7.15. The Bertz CT molecular complexity index is 503. The third-order valence-electron chi connectivity index (χ3n) is 2.90. The number of thiazole rings is 1.